The molecule has 0 aliphatic heterocycles. The molecule has 0 saturated heterocycles. The average molecular weight is 1510 g/mol. The fourth-order valence-electron chi connectivity index (χ4n) is 13.7. The Bertz CT molecular complexity index is 1570. The molecule has 0 unspecified atom stereocenters. The molecular formula is C72H164O14Si9. The molecule has 0 N–H and O–H groups in total. The van der Waals surface area contributed by atoms with Gasteiger partial charge in [0.15, 0.2) is 25.0 Å². The lowest BCUT2D eigenvalue weighted by Gasteiger charge is -2.45. The van der Waals surface area contributed by atoms with E-state index in [2.05, 4.69) is 72.4 Å². The van der Waals surface area contributed by atoms with Crippen LogP contribution in [0, 0.1) is 0 Å². The number of unbranched alkanes of at least 4 members (excludes halogenated alkanes) is 33. The maximum absolute atomic E-state index is 7.89. The summed E-state index contributed by atoms with van der Waals surface area (Å²) < 4.78 is 74.9. The summed E-state index contributed by atoms with van der Waals surface area (Å²) >= 11 is 0. The van der Waals surface area contributed by atoms with Crippen molar-refractivity contribution in [3.8, 4) is 0 Å². The van der Waals surface area contributed by atoms with Gasteiger partial charge in [0.1, 0.15) is 0 Å². The fraction of sp³-hybridized carbons (Fsp3) is 1.00. The average Bonchev–Trinajstić information content (AvgIpc) is 0.818. The Balaban J connectivity index is 5.77. The third-order valence-electron chi connectivity index (χ3n) is 20.4. The van der Waals surface area contributed by atoms with Gasteiger partial charge in [-0.15, -0.1) is 0 Å². The third kappa shape index (κ3) is 51.3. The monoisotopic (exact) mass is 1510 g/mol. The predicted molar refractivity (Wildman–Crippen MR) is 427 cm³/mol. The summed E-state index contributed by atoms with van der Waals surface area (Å²) in [4.78, 5) is 10.8. The zero-order valence-corrected chi connectivity index (χ0v) is 76.0. The Labute approximate surface area is 600 Å². The molecule has 23 heteroatoms. The van der Waals surface area contributed by atoms with Crippen molar-refractivity contribution in [2.24, 2.45) is 0 Å². The van der Waals surface area contributed by atoms with Crippen molar-refractivity contribution >= 4 is 76.3 Å². The van der Waals surface area contributed by atoms with E-state index < -0.39 is 76.3 Å². The molecule has 95 heavy (non-hydrogen) atoms. The number of hydrogen-bond acceptors (Lipinski definition) is 14. The molecule has 0 aliphatic carbocycles. The number of hydrogen-bond donors (Lipinski definition) is 0. The van der Waals surface area contributed by atoms with E-state index in [1.807, 2.05) is 0 Å². The van der Waals surface area contributed by atoms with Gasteiger partial charge in [-0.2, -0.15) is 0 Å². The standard InChI is InChI=1S/C72H164O14Si9/c1-21-22-23-24-38-49-60-82-83-61-50-39-28-26-25-27-29-40-51-62-87(11,12)71-72-88(13,14)63-52-41-30-34-48-59-70-95(84-89(15,16)64-53-42-31-35-45-56-67-92(73-2,74-3)75-4,85-90(17,18)65-54-43-32-36-46-57-68-93(76-5,77-6)78-7)86-91(19,20)66-55-44-33-37-47-58-69-94(79-8,80-9)81-10/h21-72H2,1-20H3. The van der Waals surface area contributed by atoms with E-state index in [9.17, 15) is 0 Å². The molecule has 0 atom stereocenters. The molecule has 0 fully saturated rings. The van der Waals surface area contributed by atoms with Crippen LogP contribution in [0.5, 0.6) is 0 Å². The summed E-state index contributed by atoms with van der Waals surface area (Å²) in [6, 6.07) is 13.1. The summed E-state index contributed by atoms with van der Waals surface area (Å²) in [7, 11) is -4.15. The Morgan fingerprint density at radius 1 is 0.179 bits per heavy atom. The first-order valence-corrected chi connectivity index (χ1v) is 63.5. The summed E-state index contributed by atoms with van der Waals surface area (Å²) in [5, 5.41) is 0. The van der Waals surface area contributed by atoms with Crippen LogP contribution >= 0.6 is 0 Å². The molecule has 0 aromatic rings. The van der Waals surface area contributed by atoms with E-state index in [1.54, 1.807) is 64.0 Å². The van der Waals surface area contributed by atoms with E-state index in [1.165, 1.54) is 236 Å². The summed E-state index contributed by atoms with van der Waals surface area (Å²) in [5.41, 5.74) is 0. The predicted octanol–water partition coefficient (Wildman–Crippen LogP) is 23.8. The van der Waals surface area contributed by atoms with Crippen molar-refractivity contribution in [1.82, 2.24) is 0 Å². The van der Waals surface area contributed by atoms with Crippen LogP contribution < -0.4 is 0 Å². The van der Waals surface area contributed by atoms with Crippen molar-refractivity contribution in [2.75, 3.05) is 77.2 Å². The minimum absolute atomic E-state index is 0.749. The minimum Gasteiger partial charge on any atom is -0.417 e. The van der Waals surface area contributed by atoms with Crippen LogP contribution in [-0.2, 0) is 62.0 Å². The van der Waals surface area contributed by atoms with Gasteiger partial charge in [0.2, 0.25) is 0 Å². The van der Waals surface area contributed by atoms with Gasteiger partial charge in [0.25, 0.3) is 0 Å². The van der Waals surface area contributed by atoms with Gasteiger partial charge < -0.3 is 52.2 Å². The Morgan fingerprint density at radius 2 is 0.358 bits per heavy atom. The molecular weight excluding hydrogens is 1340 g/mol. The SMILES string of the molecule is CCCCCCCCOOCCCCCCCCCCC[Si](C)(C)CC[Si](C)(C)CCCCCCCC[Si](O[Si](C)(C)CCCCCCCC[Si](OC)(OC)OC)(O[Si](C)(C)CCCCCCCC[Si](OC)(OC)OC)O[Si](C)(C)CCCCCCCC[Si](OC)(OC)OC. The molecule has 0 rings (SSSR count). The highest BCUT2D eigenvalue weighted by molar-refractivity contribution is 6.91. The van der Waals surface area contributed by atoms with Gasteiger partial charge in [-0.25, -0.2) is 9.78 Å². The van der Waals surface area contributed by atoms with Crippen molar-refractivity contribution in [1.29, 1.82) is 0 Å². The quantitative estimate of drug-likeness (QED) is 0.0248. The normalized spacial score (nSPS) is 13.5. The largest absolute Gasteiger partial charge is 0.500 e. The molecule has 0 aliphatic rings. The van der Waals surface area contributed by atoms with E-state index in [-0.39, 0.29) is 0 Å². The van der Waals surface area contributed by atoms with Gasteiger partial charge in [-0.1, -0.05) is 269 Å². The molecule has 0 bridgehead atoms. The van der Waals surface area contributed by atoms with Gasteiger partial charge in [-0.05, 0) is 95.9 Å². The molecule has 0 radical (unpaired) electrons. The van der Waals surface area contributed by atoms with E-state index in [4.69, 9.17) is 62.0 Å². The van der Waals surface area contributed by atoms with Gasteiger partial charge in [0, 0.05) is 104 Å². The third-order valence-corrected chi connectivity index (χ3v) is 52.1. The Morgan fingerprint density at radius 3 is 0.579 bits per heavy atom. The van der Waals surface area contributed by atoms with Crippen molar-refractivity contribution < 1.29 is 62.0 Å². The van der Waals surface area contributed by atoms with Crippen LogP contribution in [0.1, 0.15) is 257 Å². The topological polar surface area (TPSA) is 129 Å². The van der Waals surface area contributed by atoms with Crippen molar-refractivity contribution in [2.45, 2.75) is 389 Å². The van der Waals surface area contributed by atoms with Crippen LogP contribution in [0.3, 0.4) is 0 Å². The van der Waals surface area contributed by atoms with E-state index in [0.29, 0.717) is 0 Å². The van der Waals surface area contributed by atoms with E-state index in [0.717, 1.165) is 94.0 Å². The number of rotatable bonds is 74. The van der Waals surface area contributed by atoms with Gasteiger partial charge >= 0.3 is 35.2 Å². The van der Waals surface area contributed by atoms with Gasteiger partial charge in [0.05, 0.1) is 13.2 Å². The second-order valence-corrected chi connectivity index (χ2v) is 68.1. The molecule has 572 valence electrons. The lowest BCUT2D eigenvalue weighted by Crippen LogP contribution is -2.61. The zero-order valence-electron chi connectivity index (χ0n) is 67.0. The van der Waals surface area contributed by atoms with Crippen molar-refractivity contribution in [3.05, 3.63) is 0 Å². The Kier molecular flexibility index (Phi) is 58.5. The molecule has 0 aromatic carbocycles. The Hall–Kier alpha value is 1.39. The smallest absolute Gasteiger partial charge is 0.417 e. The lowest BCUT2D eigenvalue weighted by molar-refractivity contribution is -0.295. The summed E-state index contributed by atoms with van der Waals surface area (Å²) in [6.45, 7) is 29.5. The van der Waals surface area contributed by atoms with E-state index >= 15 is 0 Å². The molecule has 0 aromatic heterocycles. The van der Waals surface area contributed by atoms with Crippen LogP contribution in [-0.4, -0.2) is 154 Å². The van der Waals surface area contributed by atoms with Crippen LogP contribution in [0.4, 0.5) is 0 Å². The fourth-order valence-corrected chi connectivity index (χ4v) is 45.6. The maximum atomic E-state index is 7.89. The summed E-state index contributed by atoms with van der Waals surface area (Å²) in [6.07, 6.45) is 49.1. The molecule has 0 amide bonds. The lowest BCUT2D eigenvalue weighted by atomic mass is 10.1. The van der Waals surface area contributed by atoms with Crippen LogP contribution in [0.2, 0.25) is 132 Å². The highest BCUT2D eigenvalue weighted by Crippen LogP contribution is 2.37. The molecule has 14 nitrogen and oxygen atoms in total. The summed E-state index contributed by atoms with van der Waals surface area (Å²) in [5.74, 6) is 0. The minimum atomic E-state index is -3.11. The van der Waals surface area contributed by atoms with Crippen LogP contribution in [0.25, 0.3) is 0 Å². The highest BCUT2D eigenvalue weighted by Gasteiger charge is 2.52. The molecule has 0 spiro atoms. The second-order valence-electron chi connectivity index (χ2n) is 31.8. The van der Waals surface area contributed by atoms with Crippen molar-refractivity contribution in [3.63, 3.8) is 0 Å². The van der Waals surface area contributed by atoms with Gasteiger partial charge in [-0.3, -0.25) is 0 Å². The second kappa shape index (κ2) is 57.7. The first kappa shape index (κ1) is 96.4. The maximum Gasteiger partial charge on any atom is 0.500 e. The van der Waals surface area contributed by atoms with Crippen LogP contribution in [0.15, 0.2) is 0 Å². The first-order valence-electron chi connectivity index (χ1n) is 39.6. The molecule has 0 saturated carbocycles. The molecule has 0 heterocycles. The highest BCUT2D eigenvalue weighted by atomic mass is 28.5. The zero-order chi connectivity index (χ0) is 71.2. The first-order chi connectivity index (χ1) is 45.3.